The lowest BCUT2D eigenvalue weighted by molar-refractivity contribution is -0.178. The monoisotopic (exact) mass is 252 g/mol. The van der Waals surface area contributed by atoms with Crippen molar-refractivity contribution in [1.82, 2.24) is 11.5 Å². The van der Waals surface area contributed by atoms with Gasteiger partial charge in [-0.1, -0.05) is 0 Å². The first-order valence-electron chi connectivity index (χ1n) is 4.66. The molecule has 0 amide bonds. The SMILES string of the molecule is [NH]CC([NH])(O)C(O)C(O)C(O)C(O)C(O)C=O. The van der Waals surface area contributed by atoms with Gasteiger partial charge in [-0.15, -0.1) is 0 Å². The van der Waals surface area contributed by atoms with E-state index in [2.05, 4.69) is 0 Å². The van der Waals surface area contributed by atoms with Crippen LogP contribution in [0.15, 0.2) is 0 Å². The molecule has 9 nitrogen and oxygen atoms in total. The summed E-state index contributed by atoms with van der Waals surface area (Å²) in [6.07, 6.45) is -10.8. The second kappa shape index (κ2) is 6.33. The van der Waals surface area contributed by atoms with Crippen molar-refractivity contribution in [3.8, 4) is 0 Å². The van der Waals surface area contributed by atoms with Gasteiger partial charge in [-0.3, -0.25) is 5.73 Å². The molecule has 0 aliphatic rings. The van der Waals surface area contributed by atoms with Crippen molar-refractivity contribution >= 4 is 6.29 Å². The fourth-order valence-electron chi connectivity index (χ4n) is 1.06. The third kappa shape index (κ3) is 3.94. The predicted octanol–water partition coefficient (Wildman–Crippen LogP) is -4.76. The summed E-state index contributed by atoms with van der Waals surface area (Å²) in [6.45, 7) is -0.982. The molecule has 0 aromatic carbocycles. The van der Waals surface area contributed by atoms with E-state index in [9.17, 15) is 20.1 Å². The van der Waals surface area contributed by atoms with Crippen LogP contribution in [0, 0.1) is 0 Å². The molecule has 0 spiro atoms. The topological polar surface area (TPSA) is 186 Å². The van der Waals surface area contributed by atoms with Crippen LogP contribution in [0.1, 0.15) is 0 Å². The zero-order chi connectivity index (χ0) is 13.8. The maximum atomic E-state index is 10.1. The molecule has 6 atom stereocenters. The number of aliphatic hydroxyl groups excluding tert-OH is 5. The molecular weight excluding hydrogens is 236 g/mol. The highest BCUT2D eigenvalue weighted by molar-refractivity contribution is 5.56. The highest BCUT2D eigenvalue weighted by Crippen LogP contribution is 2.14. The Kier molecular flexibility index (Phi) is 6.09. The largest absolute Gasteiger partial charge is 0.387 e. The van der Waals surface area contributed by atoms with Crippen molar-refractivity contribution < 1.29 is 35.4 Å². The minimum absolute atomic E-state index is 0.0929. The number of nitrogens with one attached hydrogen (secondary N) is 2. The predicted molar refractivity (Wildman–Crippen MR) is 52.1 cm³/mol. The zero-order valence-electron chi connectivity index (χ0n) is 8.76. The van der Waals surface area contributed by atoms with Crippen molar-refractivity contribution in [2.24, 2.45) is 0 Å². The van der Waals surface area contributed by atoms with Crippen LogP contribution in [0.2, 0.25) is 0 Å². The summed E-state index contributed by atoms with van der Waals surface area (Å²) in [5, 5.41) is 55.0. The summed E-state index contributed by atoms with van der Waals surface area (Å²) >= 11 is 0. The molecule has 100 valence electrons. The minimum Gasteiger partial charge on any atom is -0.387 e. The Bertz CT molecular complexity index is 250. The van der Waals surface area contributed by atoms with E-state index in [1.54, 1.807) is 0 Å². The summed E-state index contributed by atoms with van der Waals surface area (Å²) < 4.78 is 0. The first-order valence-corrected chi connectivity index (χ1v) is 4.66. The molecule has 0 aliphatic carbocycles. The molecule has 0 heterocycles. The second-order valence-corrected chi connectivity index (χ2v) is 3.64. The van der Waals surface area contributed by atoms with Crippen LogP contribution in [0.5, 0.6) is 0 Å². The third-order valence-electron chi connectivity index (χ3n) is 2.27. The number of aldehydes is 1. The first kappa shape index (κ1) is 16.4. The lowest BCUT2D eigenvalue weighted by Gasteiger charge is -2.33. The molecule has 0 bridgehead atoms. The highest BCUT2D eigenvalue weighted by atomic mass is 16.4. The summed E-state index contributed by atoms with van der Waals surface area (Å²) in [4.78, 5) is 10.1. The van der Waals surface area contributed by atoms with Gasteiger partial charge in [0.2, 0.25) is 0 Å². The van der Waals surface area contributed by atoms with E-state index in [-0.39, 0.29) is 6.29 Å². The van der Waals surface area contributed by atoms with Crippen LogP contribution < -0.4 is 11.5 Å². The van der Waals surface area contributed by atoms with Crippen LogP contribution in [0.4, 0.5) is 0 Å². The summed E-state index contributed by atoms with van der Waals surface area (Å²) in [5.74, 6) is 0. The van der Waals surface area contributed by atoms with Crippen LogP contribution in [0.25, 0.3) is 0 Å². The number of carbonyl (C=O) groups is 1. The molecule has 0 rings (SSSR count). The van der Waals surface area contributed by atoms with Gasteiger partial charge in [-0.2, -0.15) is 0 Å². The Balaban J connectivity index is 4.69. The Hall–Kier alpha value is -0.650. The molecule has 0 saturated carbocycles. The van der Waals surface area contributed by atoms with Crippen molar-refractivity contribution in [2.45, 2.75) is 36.2 Å². The maximum absolute atomic E-state index is 10.1. The van der Waals surface area contributed by atoms with Crippen molar-refractivity contribution in [3.63, 3.8) is 0 Å². The van der Waals surface area contributed by atoms with E-state index in [1.807, 2.05) is 0 Å². The van der Waals surface area contributed by atoms with E-state index in [4.69, 9.17) is 26.8 Å². The summed E-state index contributed by atoms with van der Waals surface area (Å²) in [5.41, 5.74) is 11.0. The Morgan fingerprint density at radius 1 is 1.06 bits per heavy atom. The molecule has 0 aromatic heterocycles. The Labute approximate surface area is 96.9 Å². The fourth-order valence-corrected chi connectivity index (χ4v) is 1.06. The first-order chi connectivity index (χ1) is 7.68. The number of hydrogen-bond acceptors (Lipinski definition) is 7. The quantitative estimate of drug-likeness (QED) is 0.245. The average molecular weight is 252 g/mol. The molecule has 0 saturated heterocycles. The Morgan fingerprint density at radius 3 is 1.88 bits per heavy atom. The lowest BCUT2D eigenvalue weighted by atomic mass is 9.94. The normalized spacial score (nSPS) is 24.2. The Morgan fingerprint density at radius 2 is 1.53 bits per heavy atom. The smallest absolute Gasteiger partial charge is 0.171 e. The van der Waals surface area contributed by atoms with Gasteiger partial charge in [-0.25, -0.2) is 5.73 Å². The van der Waals surface area contributed by atoms with Gasteiger partial charge < -0.3 is 35.4 Å². The van der Waals surface area contributed by atoms with Crippen molar-refractivity contribution in [1.29, 1.82) is 0 Å². The van der Waals surface area contributed by atoms with E-state index in [0.717, 1.165) is 0 Å². The van der Waals surface area contributed by atoms with Gasteiger partial charge >= 0.3 is 0 Å². The van der Waals surface area contributed by atoms with Gasteiger partial charge in [-0.05, 0) is 0 Å². The van der Waals surface area contributed by atoms with Crippen LogP contribution in [0.3, 0.4) is 0 Å². The zero-order valence-corrected chi connectivity index (χ0v) is 8.76. The van der Waals surface area contributed by atoms with E-state index < -0.39 is 42.8 Å². The van der Waals surface area contributed by atoms with Gasteiger partial charge in [0.15, 0.2) is 12.0 Å². The number of hydrogen-bond donors (Lipinski definition) is 6. The number of carbonyl (C=O) groups excluding carboxylic acids is 1. The minimum atomic E-state index is -2.74. The van der Waals surface area contributed by atoms with Gasteiger partial charge in [0.05, 0.1) is 6.54 Å². The van der Waals surface area contributed by atoms with Crippen LogP contribution in [-0.2, 0) is 4.79 Å². The molecule has 0 aliphatic heterocycles. The fraction of sp³-hybridized carbons (Fsp3) is 0.875. The summed E-state index contributed by atoms with van der Waals surface area (Å²) in [7, 11) is 0. The molecule has 17 heavy (non-hydrogen) atoms. The molecule has 8 N–H and O–H groups in total. The van der Waals surface area contributed by atoms with Crippen LogP contribution >= 0.6 is 0 Å². The molecular formula is C8H16N2O7. The number of aliphatic hydroxyl groups is 6. The third-order valence-corrected chi connectivity index (χ3v) is 2.27. The average Bonchev–Trinajstić information content (AvgIpc) is 2.33. The van der Waals surface area contributed by atoms with Crippen LogP contribution in [-0.4, -0.2) is 79.7 Å². The van der Waals surface area contributed by atoms with Gasteiger partial charge in [0.25, 0.3) is 0 Å². The molecule has 0 fully saturated rings. The second-order valence-electron chi connectivity index (χ2n) is 3.64. The molecule has 0 aromatic rings. The molecule has 6 unspecified atom stereocenters. The van der Waals surface area contributed by atoms with E-state index in [0.29, 0.717) is 0 Å². The maximum Gasteiger partial charge on any atom is 0.171 e. The molecule has 9 heteroatoms. The highest BCUT2D eigenvalue weighted by Gasteiger charge is 2.42. The standard InChI is InChI=1S/C8H16N2O7/c9-2-8(10,17)7(16)6(15)5(14)4(13)3(12)1-11/h1,3-7,9-10,12-17H,2H2. The summed E-state index contributed by atoms with van der Waals surface area (Å²) in [6, 6.07) is 0. The van der Waals surface area contributed by atoms with E-state index in [1.165, 1.54) is 0 Å². The van der Waals surface area contributed by atoms with Crippen molar-refractivity contribution in [2.75, 3.05) is 6.54 Å². The lowest BCUT2D eigenvalue weighted by Crippen LogP contribution is -2.59. The molecule has 2 radical (unpaired) electrons. The number of rotatable bonds is 7. The van der Waals surface area contributed by atoms with Crippen molar-refractivity contribution in [3.05, 3.63) is 0 Å². The van der Waals surface area contributed by atoms with Gasteiger partial charge in [0.1, 0.15) is 30.5 Å². The van der Waals surface area contributed by atoms with Gasteiger partial charge in [0, 0.05) is 0 Å². The van der Waals surface area contributed by atoms with E-state index >= 15 is 0 Å².